The van der Waals surface area contributed by atoms with Crippen LogP contribution in [-0.2, 0) is 18.4 Å². The monoisotopic (exact) mass is 381 g/mol. The van der Waals surface area contributed by atoms with Crippen LogP contribution >= 0.6 is 11.3 Å². The molecule has 4 aliphatic rings. The maximum absolute atomic E-state index is 13.0. The first kappa shape index (κ1) is 16.0. The SMILES string of the molecule is CC1(c2nc3c4c(sc3c(=O)[nH]2)-c2cn[nH]c2CCC4)CC2CCN1CC2. The van der Waals surface area contributed by atoms with Gasteiger partial charge in [0, 0.05) is 16.1 Å². The Balaban J connectivity index is 1.57. The quantitative estimate of drug-likeness (QED) is 0.679. The molecule has 0 spiro atoms. The van der Waals surface area contributed by atoms with Gasteiger partial charge in [0.2, 0.25) is 0 Å². The molecule has 27 heavy (non-hydrogen) atoms. The third kappa shape index (κ3) is 2.18. The molecule has 6 nitrogen and oxygen atoms in total. The fraction of sp³-hybridized carbons (Fsp3) is 0.550. The van der Waals surface area contributed by atoms with E-state index in [9.17, 15) is 4.79 Å². The van der Waals surface area contributed by atoms with Gasteiger partial charge in [0.1, 0.15) is 10.5 Å². The van der Waals surface area contributed by atoms with Gasteiger partial charge in [0.25, 0.3) is 5.56 Å². The summed E-state index contributed by atoms with van der Waals surface area (Å²) in [6.45, 7) is 4.49. The van der Waals surface area contributed by atoms with Gasteiger partial charge in [-0.05, 0) is 70.0 Å². The van der Waals surface area contributed by atoms with Crippen molar-refractivity contribution in [3.8, 4) is 10.4 Å². The first-order valence-corrected chi connectivity index (χ1v) is 10.8. The highest BCUT2D eigenvalue weighted by Gasteiger charge is 2.45. The van der Waals surface area contributed by atoms with Crippen LogP contribution in [0.1, 0.15) is 49.7 Å². The average Bonchev–Trinajstić information content (AvgIpc) is 3.24. The molecule has 0 saturated carbocycles. The zero-order valence-corrected chi connectivity index (χ0v) is 16.3. The topological polar surface area (TPSA) is 77.7 Å². The Morgan fingerprint density at radius 3 is 2.93 bits per heavy atom. The number of nitrogens with one attached hydrogen (secondary N) is 2. The van der Waals surface area contributed by atoms with E-state index in [0.717, 1.165) is 66.3 Å². The van der Waals surface area contributed by atoms with Crippen molar-refractivity contribution >= 4 is 21.6 Å². The predicted octanol–water partition coefficient (Wildman–Crippen LogP) is 3.19. The zero-order valence-electron chi connectivity index (χ0n) is 15.5. The lowest BCUT2D eigenvalue weighted by molar-refractivity contribution is -0.0268. The van der Waals surface area contributed by atoms with Gasteiger partial charge in [0.15, 0.2) is 0 Å². The van der Waals surface area contributed by atoms with E-state index in [-0.39, 0.29) is 11.1 Å². The molecule has 0 aromatic carbocycles. The molecule has 1 unspecified atom stereocenters. The summed E-state index contributed by atoms with van der Waals surface area (Å²) in [6, 6.07) is 0. The lowest BCUT2D eigenvalue weighted by Crippen LogP contribution is -2.55. The number of thiophene rings is 1. The summed E-state index contributed by atoms with van der Waals surface area (Å²) < 4.78 is 0.761. The Morgan fingerprint density at radius 2 is 2.15 bits per heavy atom. The number of hydrogen-bond donors (Lipinski definition) is 2. The van der Waals surface area contributed by atoms with E-state index in [1.165, 1.54) is 29.0 Å². The summed E-state index contributed by atoms with van der Waals surface area (Å²) in [6.07, 6.45) is 8.58. The molecule has 1 aliphatic carbocycles. The Morgan fingerprint density at radius 1 is 1.30 bits per heavy atom. The van der Waals surface area contributed by atoms with E-state index in [1.807, 2.05) is 6.20 Å². The summed E-state index contributed by atoms with van der Waals surface area (Å²) >= 11 is 1.58. The van der Waals surface area contributed by atoms with Crippen molar-refractivity contribution in [2.24, 2.45) is 5.92 Å². The van der Waals surface area contributed by atoms with Gasteiger partial charge in [-0.2, -0.15) is 5.10 Å². The number of fused-ring (bicyclic) bond motifs is 8. The minimum atomic E-state index is -0.144. The number of aromatic nitrogens is 4. The molecule has 3 fully saturated rings. The minimum absolute atomic E-state index is 0.0157. The first-order chi connectivity index (χ1) is 13.1. The molecule has 1 atom stereocenters. The van der Waals surface area contributed by atoms with E-state index < -0.39 is 0 Å². The molecular formula is C20H23N5OS. The standard InChI is InChI=1S/C20H23N5OS/c1-20(9-11-5-7-25(20)8-6-11)19-22-15-12-3-2-4-14-13(10-21-24-14)16(12)27-17(15)18(26)23-19/h10-11H,2-9H2,1H3,(H,21,24)(H,22,23,26). The van der Waals surface area contributed by atoms with Crippen molar-refractivity contribution < 1.29 is 0 Å². The van der Waals surface area contributed by atoms with Crippen molar-refractivity contribution in [1.82, 2.24) is 25.1 Å². The number of rotatable bonds is 1. The fourth-order valence-corrected chi connectivity index (χ4v) is 6.67. The van der Waals surface area contributed by atoms with Gasteiger partial charge in [-0.15, -0.1) is 11.3 Å². The summed E-state index contributed by atoms with van der Waals surface area (Å²) in [7, 11) is 0. The maximum Gasteiger partial charge on any atom is 0.268 e. The molecule has 2 N–H and O–H groups in total. The highest BCUT2D eigenvalue weighted by atomic mass is 32.1. The molecule has 7 rings (SSSR count). The molecule has 6 heterocycles. The summed E-state index contributed by atoms with van der Waals surface area (Å²) in [5, 5.41) is 7.36. The van der Waals surface area contributed by atoms with Crippen LogP contribution in [0.15, 0.2) is 11.0 Å². The lowest BCUT2D eigenvalue weighted by atomic mass is 9.75. The highest BCUT2D eigenvalue weighted by Crippen LogP contribution is 2.45. The molecular weight excluding hydrogens is 358 g/mol. The van der Waals surface area contributed by atoms with Crippen molar-refractivity contribution in [2.45, 2.75) is 51.0 Å². The largest absolute Gasteiger partial charge is 0.308 e. The van der Waals surface area contributed by atoms with Crippen molar-refractivity contribution in [1.29, 1.82) is 0 Å². The number of aromatic amines is 2. The number of piperidine rings is 3. The van der Waals surface area contributed by atoms with E-state index >= 15 is 0 Å². The van der Waals surface area contributed by atoms with Crippen LogP contribution < -0.4 is 5.56 Å². The minimum Gasteiger partial charge on any atom is -0.308 e. The maximum atomic E-state index is 13.0. The van der Waals surface area contributed by atoms with Crippen LogP contribution in [0.25, 0.3) is 20.7 Å². The van der Waals surface area contributed by atoms with E-state index in [4.69, 9.17) is 4.98 Å². The van der Waals surface area contributed by atoms with E-state index in [2.05, 4.69) is 27.0 Å². The molecule has 0 radical (unpaired) electrons. The van der Waals surface area contributed by atoms with Crippen molar-refractivity contribution in [2.75, 3.05) is 13.1 Å². The van der Waals surface area contributed by atoms with Crippen LogP contribution in [0.5, 0.6) is 0 Å². The van der Waals surface area contributed by atoms with Gasteiger partial charge in [-0.3, -0.25) is 14.8 Å². The molecule has 2 bridgehead atoms. The Kier molecular flexibility index (Phi) is 3.27. The molecule has 3 aliphatic heterocycles. The highest BCUT2D eigenvalue weighted by molar-refractivity contribution is 7.22. The van der Waals surface area contributed by atoms with E-state index in [0.29, 0.717) is 0 Å². The second kappa shape index (κ2) is 5.52. The van der Waals surface area contributed by atoms with Crippen LogP contribution in [0.2, 0.25) is 0 Å². The number of aryl methyl sites for hydroxylation is 2. The van der Waals surface area contributed by atoms with E-state index in [1.54, 1.807) is 11.3 Å². The zero-order chi connectivity index (χ0) is 18.2. The number of H-pyrrole nitrogens is 2. The summed E-state index contributed by atoms with van der Waals surface area (Å²) in [5.74, 6) is 1.62. The van der Waals surface area contributed by atoms with Gasteiger partial charge < -0.3 is 4.98 Å². The smallest absolute Gasteiger partial charge is 0.268 e. The van der Waals surface area contributed by atoms with Gasteiger partial charge >= 0.3 is 0 Å². The van der Waals surface area contributed by atoms with Crippen molar-refractivity contribution in [3.63, 3.8) is 0 Å². The first-order valence-electron chi connectivity index (χ1n) is 9.97. The fourth-order valence-electron chi connectivity index (χ4n) is 5.45. The summed E-state index contributed by atoms with van der Waals surface area (Å²) in [4.78, 5) is 25.0. The number of nitrogens with zero attached hydrogens (tertiary/aromatic N) is 3. The second-order valence-corrected chi connectivity index (χ2v) is 9.55. The third-order valence-corrected chi connectivity index (χ3v) is 8.22. The molecule has 0 amide bonds. The lowest BCUT2D eigenvalue weighted by Gasteiger charge is -2.51. The third-order valence-electron chi connectivity index (χ3n) is 6.97. The Bertz CT molecular complexity index is 1100. The van der Waals surface area contributed by atoms with Gasteiger partial charge in [0.05, 0.1) is 17.3 Å². The molecule has 7 heteroatoms. The Hall–Kier alpha value is -1.99. The molecule has 3 aromatic rings. The van der Waals surface area contributed by atoms with Gasteiger partial charge in [-0.1, -0.05) is 0 Å². The molecule has 3 saturated heterocycles. The number of hydrogen-bond acceptors (Lipinski definition) is 5. The van der Waals surface area contributed by atoms with Gasteiger partial charge in [-0.25, -0.2) is 4.98 Å². The van der Waals surface area contributed by atoms with Crippen LogP contribution in [-0.4, -0.2) is 38.2 Å². The van der Waals surface area contributed by atoms with Crippen LogP contribution in [0.4, 0.5) is 0 Å². The Labute approximate surface area is 161 Å². The molecule has 140 valence electrons. The summed E-state index contributed by atoms with van der Waals surface area (Å²) in [5.41, 5.74) is 4.36. The van der Waals surface area contributed by atoms with Crippen LogP contribution in [0.3, 0.4) is 0 Å². The van der Waals surface area contributed by atoms with Crippen molar-refractivity contribution in [3.05, 3.63) is 33.6 Å². The molecule has 3 aromatic heterocycles. The average molecular weight is 382 g/mol. The second-order valence-electron chi connectivity index (χ2n) is 8.53. The normalized spacial score (nSPS) is 29.5. The van der Waals surface area contributed by atoms with Crippen LogP contribution in [0, 0.1) is 5.92 Å². The predicted molar refractivity (Wildman–Crippen MR) is 106 cm³/mol.